The van der Waals surface area contributed by atoms with Crippen molar-refractivity contribution in [1.29, 1.82) is 0 Å². The first-order chi connectivity index (χ1) is 9.65. The molecule has 3 rings (SSSR count). The maximum Gasteiger partial charge on any atom is 0.120 e. The predicted octanol–water partition coefficient (Wildman–Crippen LogP) is 5.55. The number of pyridine rings is 1. The molecule has 0 aliphatic carbocycles. The SMILES string of the molecule is Cc1[nH]c2c(SCc3ccc(Cl)cc3)nccc2c1C.Cl. The Morgan fingerprint density at radius 1 is 1.14 bits per heavy atom. The fourth-order valence-corrected chi connectivity index (χ4v) is 3.26. The molecule has 0 unspecified atom stereocenters. The van der Waals surface area contributed by atoms with Crippen LogP contribution in [0, 0.1) is 13.8 Å². The van der Waals surface area contributed by atoms with Gasteiger partial charge in [0.1, 0.15) is 5.03 Å². The van der Waals surface area contributed by atoms with E-state index < -0.39 is 0 Å². The molecule has 5 heteroatoms. The van der Waals surface area contributed by atoms with Crippen molar-refractivity contribution >= 4 is 46.7 Å². The third-order valence-corrected chi connectivity index (χ3v) is 4.80. The Hall–Kier alpha value is -1.16. The number of nitrogens with one attached hydrogen (secondary N) is 1. The number of benzene rings is 1. The quantitative estimate of drug-likeness (QED) is 0.634. The van der Waals surface area contributed by atoms with Gasteiger partial charge in [-0.25, -0.2) is 4.98 Å². The average molecular weight is 339 g/mol. The minimum absolute atomic E-state index is 0. The van der Waals surface area contributed by atoms with Crippen LogP contribution in [-0.4, -0.2) is 9.97 Å². The zero-order valence-corrected chi connectivity index (χ0v) is 14.2. The van der Waals surface area contributed by atoms with Crippen LogP contribution in [0.5, 0.6) is 0 Å². The van der Waals surface area contributed by atoms with E-state index in [0.29, 0.717) is 0 Å². The van der Waals surface area contributed by atoms with Crippen LogP contribution in [0.15, 0.2) is 41.6 Å². The summed E-state index contributed by atoms with van der Waals surface area (Å²) in [7, 11) is 0. The van der Waals surface area contributed by atoms with Gasteiger partial charge in [-0.2, -0.15) is 0 Å². The van der Waals surface area contributed by atoms with Crippen LogP contribution in [0.3, 0.4) is 0 Å². The Morgan fingerprint density at radius 2 is 1.86 bits per heavy atom. The van der Waals surface area contributed by atoms with E-state index in [1.54, 1.807) is 11.8 Å². The van der Waals surface area contributed by atoms with Crippen LogP contribution in [0.25, 0.3) is 10.9 Å². The van der Waals surface area contributed by atoms with Crippen molar-refractivity contribution in [2.45, 2.75) is 24.6 Å². The first kappa shape index (κ1) is 16.2. The highest BCUT2D eigenvalue weighted by molar-refractivity contribution is 7.98. The molecular weight excluding hydrogens is 323 g/mol. The predicted molar refractivity (Wildman–Crippen MR) is 93.8 cm³/mol. The summed E-state index contributed by atoms with van der Waals surface area (Å²) in [6.07, 6.45) is 1.88. The lowest BCUT2D eigenvalue weighted by molar-refractivity contribution is 1.14. The molecule has 2 aromatic heterocycles. The molecule has 0 spiro atoms. The number of nitrogens with zero attached hydrogens (tertiary/aromatic N) is 1. The van der Waals surface area contributed by atoms with E-state index in [0.717, 1.165) is 21.3 Å². The molecule has 0 fully saturated rings. The topological polar surface area (TPSA) is 28.7 Å². The summed E-state index contributed by atoms with van der Waals surface area (Å²) >= 11 is 7.65. The smallest absolute Gasteiger partial charge is 0.120 e. The van der Waals surface area contributed by atoms with Gasteiger partial charge < -0.3 is 4.98 Å². The van der Waals surface area contributed by atoms with E-state index in [9.17, 15) is 0 Å². The number of halogens is 2. The number of aryl methyl sites for hydroxylation is 2. The summed E-state index contributed by atoms with van der Waals surface area (Å²) in [6.45, 7) is 4.24. The van der Waals surface area contributed by atoms with Gasteiger partial charge in [0.25, 0.3) is 0 Å². The second kappa shape index (κ2) is 6.73. The Kier molecular flexibility index (Phi) is 5.20. The number of aromatic amines is 1. The van der Waals surface area contributed by atoms with E-state index in [2.05, 4.69) is 42.0 Å². The monoisotopic (exact) mass is 338 g/mol. The molecule has 0 aliphatic rings. The van der Waals surface area contributed by atoms with Crippen LogP contribution >= 0.6 is 35.8 Å². The molecule has 21 heavy (non-hydrogen) atoms. The first-order valence-electron chi connectivity index (χ1n) is 6.46. The molecule has 0 amide bonds. The minimum Gasteiger partial charge on any atom is -0.356 e. The van der Waals surface area contributed by atoms with Gasteiger partial charge in [-0.15, -0.1) is 12.4 Å². The maximum absolute atomic E-state index is 5.90. The summed E-state index contributed by atoms with van der Waals surface area (Å²) < 4.78 is 0. The average Bonchev–Trinajstić information content (AvgIpc) is 2.75. The van der Waals surface area contributed by atoms with E-state index in [1.165, 1.54) is 22.2 Å². The third kappa shape index (κ3) is 3.37. The Morgan fingerprint density at radius 3 is 2.57 bits per heavy atom. The molecule has 0 radical (unpaired) electrons. The lowest BCUT2D eigenvalue weighted by Crippen LogP contribution is -1.85. The second-order valence-electron chi connectivity index (χ2n) is 4.83. The van der Waals surface area contributed by atoms with Crippen LogP contribution < -0.4 is 0 Å². The summed E-state index contributed by atoms with van der Waals surface area (Å²) in [5.41, 5.74) is 4.90. The van der Waals surface area contributed by atoms with Gasteiger partial charge in [0.15, 0.2) is 0 Å². The van der Waals surface area contributed by atoms with Crippen molar-refractivity contribution < 1.29 is 0 Å². The zero-order valence-electron chi connectivity index (χ0n) is 11.8. The molecule has 1 N–H and O–H groups in total. The van der Waals surface area contributed by atoms with Crippen molar-refractivity contribution in [2.24, 2.45) is 0 Å². The summed E-state index contributed by atoms with van der Waals surface area (Å²) in [6, 6.07) is 10.0. The molecule has 3 aromatic rings. The van der Waals surface area contributed by atoms with E-state index in [-0.39, 0.29) is 12.4 Å². The normalized spacial score (nSPS) is 10.6. The van der Waals surface area contributed by atoms with Gasteiger partial charge in [-0.1, -0.05) is 35.5 Å². The fraction of sp³-hybridized carbons (Fsp3) is 0.188. The van der Waals surface area contributed by atoms with Crippen molar-refractivity contribution in [3.63, 3.8) is 0 Å². The lowest BCUT2D eigenvalue weighted by atomic mass is 10.2. The van der Waals surface area contributed by atoms with Crippen LogP contribution in [0.2, 0.25) is 5.02 Å². The molecule has 0 atom stereocenters. The van der Waals surface area contributed by atoms with Gasteiger partial charge in [-0.3, -0.25) is 0 Å². The molecular formula is C16H16Cl2N2S. The third-order valence-electron chi connectivity index (χ3n) is 3.48. The Labute approximate surface area is 139 Å². The molecule has 0 bridgehead atoms. The van der Waals surface area contributed by atoms with E-state index >= 15 is 0 Å². The van der Waals surface area contributed by atoms with Gasteiger partial charge >= 0.3 is 0 Å². The number of hydrogen-bond acceptors (Lipinski definition) is 2. The Bertz CT molecular complexity index is 751. The van der Waals surface area contributed by atoms with E-state index in [4.69, 9.17) is 11.6 Å². The maximum atomic E-state index is 5.90. The largest absolute Gasteiger partial charge is 0.356 e. The fourth-order valence-electron chi connectivity index (χ4n) is 2.20. The number of H-pyrrole nitrogens is 1. The summed E-state index contributed by atoms with van der Waals surface area (Å²) in [5.74, 6) is 0.889. The van der Waals surface area contributed by atoms with Crippen molar-refractivity contribution in [2.75, 3.05) is 0 Å². The minimum atomic E-state index is 0. The number of fused-ring (bicyclic) bond motifs is 1. The van der Waals surface area contributed by atoms with Crippen molar-refractivity contribution in [3.8, 4) is 0 Å². The second-order valence-corrected chi connectivity index (χ2v) is 6.23. The highest BCUT2D eigenvalue weighted by Crippen LogP contribution is 2.30. The number of aromatic nitrogens is 2. The molecule has 0 saturated heterocycles. The van der Waals surface area contributed by atoms with Gasteiger partial charge in [0.05, 0.1) is 5.52 Å². The number of thioether (sulfide) groups is 1. The highest BCUT2D eigenvalue weighted by atomic mass is 35.5. The van der Waals surface area contributed by atoms with Crippen LogP contribution in [0.1, 0.15) is 16.8 Å². The summed E-state index contributed by atoms with van der Waals surface area (Å²) in [5, 5.41) is 3.08. The van der Waals surface area contributed by atoms with Crippen molar-refractivity contribution in [1.82, 2.24) is 9.97 Å². The molecule has 0 saturated carbocycles. The van der Waals surface area contributed by atoms with Crippen molar-refractivity contribution in [3.05, 3.63) is 58.4 Å². The number of rotatable bonds is 3. The van der Waals surface area contributed by atoms with Gasteiger partial charge in [0, 0.05) is 28.1 Å². The van der Waals surface area contributed by atoms with Crippen LogP contribution in [-0.2, 0) is 5.75 Å². The van der Waals surface area contributed by atoms with Gasteiger partial charge in [0.2, 0.25) is 0 Å². The lowest BCUT2D eigenvalue weighted by Gasteiger charge is -2.03. The standard InChI is InChI=1S/C16H15ClN2S.ClH/c1-10-11(2)19-15-14(10)7-8-18-16(15)20-9-12-3-5-13(17)6-4-12;/h3-8,19H,9H2,1-2H3;1H. The molecule has 110 valence electrons. The molecule has 2 heterocycles. The Balaban J connectivity index is 0.00000161. The number of hydrogen-bond donors (Lipinski definition) is 1. The molecule has 2 nitrogen and oxygen atoms in total. The van der Waals surface area contributed by atoms with Crippen LogP contribution in [0.4, 0.5) is 0 Å². The molecule has 0 aliphatic heterocycles. The van der Waals surface area contributed by atoms with Gasteiger partial charge in [-0.05, 0) is 43.2 Å². The summed E-state index contributed by atoms with van der Waals surface area (Å²) in [4.78, 5) is 7.94. The first-order valence-corrected chi connectivity index (χ1v) is 7.82. The zero-order chi connectivity index (χ0) is 14.1. The molecule has 1 aromatic carbocycles. The van der Waals surface area contributed by atoms with E-state index in [1.807, 2.05) is 18.3 Å². The highest BCUT2D eigenvalue weighted by Gasteiger charge is 2.09.